The van der Waals surface area contributed by atoms with Gasteiger partial charge in [0.15, 0.2) is 0 Å². The monoisotopic (exact) mass is 353 g/mol. The first-order chi connectivity index (χ1) is 12.5. The lowest BCUT2D eigenvalue weighted by atomic mass is 10.2. The number of carbonyl (C=O) groups excluding carboxylic acids is 2. The SMILES string of the molecule is O=C(Nc1ccc(OC(=O)c2ccc(F)cc2)cc1)c1ccc(F)cc1. The van der Waals surface area contributed by atoms with Crippen LogP contribution in [-0.2, 0) is 0 Å². The predicted octanol–water partition coefficient (Wildman–Crippen LogP) is 4.44. The van der Waals surface area contributed by atoms with Crippen molar-refractivity contribution in [1.29, 1.82) is 0 Å². The number of benzene rings is 3. The molecule has 0 fully saturated rings. The molecule has 26 heavy (non-hydrogen) atoms. The Morgan fingerprint density at radius 2 is 1.19 bits per heavy atom. The molecule has 0 radical (unpaired) electrons. The fourth-order valence-electron chi connectivity index (χ4n) is 2.16. The molecule has 3 aromatic carbocycles. The average molecular weight is 353 g/mol. The van der Waals surface area contributed by atoms with Gasteiger partial charge in [-0.15, -0.1) is 0 Å². The van der Waals surface area contributed by atoms with Gasteiger partial charge in [0.25, 0.3) is 5.91 Å². The first-order valence-electron chi connectivity index (χ1n) is 7.66. The lowest BCUT2D eigenvalue weighted by Gasteiger charge is -2.07. The molecule has 0 unspecified atom stereocenters. The molecule has 6 heteroatoms. The number of carbonyl (C=O) groups is 2. The normalized spacial score (nSPS) is 10.2. The summed E-state index contributed by atoms with van der Waals surface area (Å²) in [6.07, 6.45) is 0. The van der Waals surface area contributed by atoms with Gasteiger partial charge < -0.3 is 10.1 Å². The number of rotatable bonds is 4. The molecule has 1 N–H and O–H groups in total. The first-order valence-corrected chi connectivity index (χ1v) is 7.66. The minimum absolute atomic E-state index is 0.222. The van der Waals surface area contributed by atoms with Crippen molar-refractivity contribution in [3.63, 3.8) is 0 Å². The molecule has 3 rings (SSSR count). The van der Waals surface area contributed by atoms with Gasteiger partial charge in [-0.3, -0.25) is 4.79 Å². The fourth-order valence-corrected chi connectivity index (χ4v) is 2.16. The van der Waals surface area contributed by atoms with Crippen molar-refractivity contribution in [3.8, 4) is 5.75 Å². The van der Waals surface area contributed by atoms with Gasteiger partial charge in [0, 0.05) is 11.3 Å². The van der Waals surface area contributed by atoms with Crippen LogP contribution in [0.1, 0.15) is 20.7 Å². The molecule has 4 nitrogen and oxygen atoms in total. The van der Waals surface area contributed by atoms with E-state index in [1.807, 2.05) is 0 Å². The van der Waals surface area contributed by atoms with E-state index in [1.54, 1.807) is 12.1 Å². The Kier molecular flexibility index (Phi) is 5.03. The zero-order valence-electron chi connectivity index (χ0n) is 13.4. The van der Waals surface area contributed by atoms with Crippen LogP contribution >= 0.6 is 0 Å². The van der Waals surface area contributed by atoms with E-state index in [0.29, 0.717) is 11.3 Å². The first kappa shape index (κ1) is 17.3. The Hall–Kier alpha value is -3.54. The van der Waals surface area contributed by atoms with Crippen LogP contribution in [-0.4, -0.2) is 11.9 Å². The molecule has 0 saturated carbocycles. The van der Waals surface area contributed by atoms with Gasteiger partial charge in [-0.05, 0) is 72.8 Å². The van der Waals surface area contributed by atoms with E-state index in [-0.39, 0.29) is 17.2 Å². The van der Waals surface area contributed by atoms with Crippen LogP contribution in [0.5, 0.6) is 5.75 Å². The highest BCUT2D eigenvalue weighted by molar-refractivity contribution is 6.04. The number of hydrogen-bond acceptors (Lipinski definition) is 3. The molecule has 1 amide bonds. The Morgan fingerprint density at radius 1 is 0.692 bits per heavy atom. The molecule has 0 aromatic heterocycles. The summed E-state index contributed by atoms with van der Waals surface area (Å²) in [4.78, 5) is 24.0. The van der Waals surface area contributed by atoms with E-state index < -0.39 is 17.6 Å². The molecule has 0 saturated heterocycles. The molecule has 0 aliphatic heterocycles. The summed E-state index contributed by atoms with van der Waals surface area (Å²) in [6.45, 7) is 0. The standard InChI is InChI=1S/C20H13F2NO3/c21-15-5-1-13(2-6-15)19(24)23-17-9-11-18(12-10-17)26-20(25)14-3-7-16(22)8-4-14/h1-12H,(H,23,24). The second-order valence-electron chi connectivity index (χ2n) is 5.38. The van der Waals surface area contributed by atoms with E-state index in [1.165, 1.54) is 60.7 Å². The molecule has 0 heterocycles. The van der Waals surface area contributed by atoms with E-state index >= 15 is 0 Å². The van der Waals surface area contributed by atoms with Crippen molar-refractivity contribution in [2.45, 2.75) is 0 Å². The maximum atomic E-state index is 12.9. The van der Waals surface area contributed by atoms with Gasteiger partial charge in [0.05, 0.1) is 5.56 Å². The topological polar surface area (TPSA) is 55.4 Å². The van der Waals surface area contributed by atoms with Gasteiger partial charge in [0.1, 0.15) is 17.4 Å². The van der Waals surface area contributed by atoms with Crippen molar-refractivity contribution in [2.24, 2.45) is 0 Å². The molecular formula is C20H13F2NO3. The van der Waals surface area contributed by atoms with Crippen LogP contribution in [0.3, 0.4) is 0 Å². The highest BCUT2D eigenvalue weighted by atomic mass is 19.1. The minimum atomic E-state index is -0.618. The van der Waals surface area contributed by atoms with Crippen molar-refractivity contribution in [3.05, 3.63) is 95.6 Å². The summed E-state index contributed by atoms with van der Waals surface area (Å²) in [7, 11) is 0. The summed E-state index contributed by atoms with van der Waals surface area (Å²) in [5.41, 5.74) is 1.03. The molecule has 0 atom stereocenters. The zero-order valence-corrected chi connectivity index (χ0v) is 13.4. The fraction of sp³-hybridized carbons (Fsp3) is 0. The summed E-state index contributed by atoms with van der Waals surface area (Å²) in [5, 5.41) is 2.65. The van der Waals surface area contributed by atoms with Gasteiger partial charge in [0.2, 0.25) is 0 Å². The van der Waals surface area contributed by atoms with E-state index in [4.69, 9.17) is 4.74 Å². The summed E-state index contributed by atoms with van der Waals surface area (Å²) in [6, 6.07) is 16.3. The second kappa shape index (κ2) is 7.57. The Bertz CT molecular complexity index is 842. The Morgan fingerprint density at radius 3 is 1.73 bits per heavy atom. The summed E-state index contributed by atoms with van der Waals surface area (Å²) < 4.78 is 30.9. The third-order valence-electron chi connectivity index (χ3n) is 3.51. The smallest absolute Gasteiger partial charge is 0.343 e. The number of amides is 1. The molecule has 130 valence electrons. The predicted molar refractivity (Wildman–Crippen MR) is 92.2 cm³/mol. The molecular weight excluding hydrogens is 340 g/mol. The third-order valence-corrected chi connectivity index (χ3v) is 3.51. The maximum absolute atomic E-state index is 12.9. The Balaban J connectivity index is 1.62. The molecule has 0 aliphatic carbocycles. The van der Waals surface area contributed by atoms with Crippen LogP contribution in [0.15, 0.2) is 72.8 Å². The minimum Gasteiger partial charge on any atom is -0.423 e. The highest BCUT2D eigenvalue weighted by Gasteiger charge is 2.10. The van der Waals surface area contributed by atoms with E-state index in [0.717, 1.165) is 0 Å². The lowest BCUT2D eigenvalue weighted by Crippen LogP contribution is -2.12. The average Bonchev–Trinajstić information content (AvgIpc) is 2.64. The van der Waals surface area contributed by atoms with Crippen molar-refractivity contribution in [1.82, 2.24) is 0 Å². The van der Waals surface area contributed by atoms with Gasteiger partial charge >= 0.3 is 5.97 Å². The summed E-state index contributed by atoms with van der Waals surface area (Å²) >= 11 is 0. The van der Waals surface area contributed by atoms with Crippen LogP contribution < -0.4 is 10.1 Å². The number of halogens is 2. The van der Waals surface area contributed by atoms with Crippen LogP contribution in [0.2, 0.25) is 0 Å². The molecule has 0 aliphatic rings. The van der Waals surface area contributed by atoms with Gasteiger partial charge in [-0.2, -0.15) is 0 Å². The summed E-state index contributed by atoms with van der Waals surface area (Å²) in [5.74, 6) is -1.59. The number of hydrogen-bond donors (Lipinski definition) is 1. The van der Waals surface area contributed by atoms with Crippen LogP contribution in [0.4, 0.5) is 14.5 Å². The van der Waals surface area contributed by atoms with Crippen LogP contribution in [0, 0.1) is 11.6 Å². The number of esters is 1. The molecule has 0 spiro atoms. The van der Waals surface area contributed by atoms with E-state index in [9.17, 15) is 18.4 Å². The quantitative estimate of drug-likeness (QED) is 0.557. The largest absolute Gasteiger partial charge is 0.423 e. The molecule has 0 bridgehead atoms. The Labute approximate surface area is 148 Å². The van der Waals surface area contributed by atoms with Gasteiger partial charge in [-0.25, -0.2) is 13.6 Å². The highest BCUT2D eigenvalue weighted by Crippen LogP contribution is 2.18. The number of anilines is 1. The number of nitrogens with one attached hydrogen (secondary N) is 1. The van der Waals surface area contributed by atoms with Crippen molar-refractivity contribution >= 4 is 17.6 Å². The van der Waals surface area contributed by atoms with Gasteiger partial charge in [-0.1, -0.05) is 0 Å². The van der Waals surface area contributed by atoms with E-state index in [2.05, 4.69) is 5.32 Å². The van der Waals surface area contributed by atoms with Crippen molar-refractivity contribution < 1.29 is 23.1 Å². The number of ether oxygens (including phenoxy) is 1. The van der Waals surface area contributed by atoms with Crippen molar-refractivity contribution in [2.75, 3.05) is 5.32 Å². The third kappa shape index (κ3) is 4.30. The zero-order chi connectivity index (χ0) is 18.5. The maximum Gasteiger partial charge on any atom is 0.343 e. The second-order valence-corrected chi connectivity index (χ2v) is 5.38. The lowest BCUT2D eigenvalue weighted by molar-refractivity contribution is 0.0734. The van der Waals surface area contributed by atoms with Crippen LogP contribution in [0.25, 0.3) is 0 Å². The molecule has 3 aromatic rings.